The molecule has 0 aliphatic heterocycles. The van der Waals surface area contributed by atoms with Gasteiger partial charge in [-0.25, -0.2) is 20.2 Å². The molecule has 1 aromatic carbocycles. The molecule has 19 heavy (non-hydrogen) atoms. The summed E-state index contributed by atoms with van der Waals surface area (Å²) in [5, 5.41) is 2.42. The van der Waals surface area contributed by atoms with E-state index >= 15 is 0 Å². The van der Waals surface area contributed by atoms with Crippen molar-refractivity contribution in [3.05, 3.63) is 46.6 Å². The molecule has 0 aliphatic carbocycles. The van der Waals surface area contributed by atoms with Crippen molar-refractivity contribution >= 4 is 33.3 Å². The van der Waals surface area contributed by atoms with Crippen molar-refractivity contribution in [1.82, 2.24) is 9.97 Å². The van der Waals surface area contributed by atoms with Crippen LogP contribution in [0.15, 0.2) is 35.1 Å². The number of para-hydroxylation sites is 1. The topological polar surface area (TPSA) is 92.9 Å². The molecule has 6 nitrogen and oxygen atoms in total. The van der Waals surface area contributed by atoms with Gasteiger partial charge in [-0.3, -0.25) is 4.79 Å². The van der Waals surface area contributed by atoms with Gasteiger partial charge in [0.15, 0.2) is 5.82 Å². The van der Waals surface area contributed by atoms with Crippen LogP contribution in [-0.4, -0.2) is 15.9 Å². The van der Waals surface area contributed by atoms with Crippen molar-refractivity contribution in [2.75, 3.05) is 10.7 Å². The lowest BCUT2D eigenvalue weighted by atomic mass is 10.3. The summed E-state index contributed by atoms with van der Waals surface area (Å²) in [5.74, 6) is 4.34. The molecule has 1 amide bonds. The highest BCUT2D eigenvalue weighted by Gasteiger charge is 2.13. The van der Waals surface area contributed by atoms with Crippen molar-refractivity contribution in [2.45, 2.75) is 0 Å². The minimum atomic E-state index is -0.568. The molecule has 8 heteroatoms. The van der Waals surface area contributed by atoms with Crippen LogP contribution in [0.3, 0.4) is 0 Å². The molecule has 2 rings (SSSR count). The minimum absolute atomic E-state index is 0.0501. The van der Waals surface area contributed by atoms with Crippen LogP contribution in [0, 0.1) is 5.82 Å². The number of rotatable bonds is 3. The van der Waals surface area contributed by atoms with Gasteiger partial charge < -0.3 is 10.7 Å². The average Bonchev–Trinajstić information content (AvgIpc) is 2.43. The second-order valence-corrected chi connectivity index (χ2v) is 4.34. The smallest absolute Gasteiger partial charge is 0.275 e. The Balaban J connectivity index is 2.20. The van der Waals surface area contributed by atoms with Gasteiger partial charge in [0.05, 0.1) is 18.1 Å². The second-order valence-electron chi connectivity index (χ2n) is 3.48. The maximum Gasteiger partial charge on any atom is 0.275 e. The van der Waals surface area contributed by atoms with Crippen LogP contribution in [0.5, 0.6) is 0 Å². The molecule has 4 N–H and O–H groups in total. The van der Waals surface area contributed by atoms with Crippen molar-refractivity contribution in [3.63, 3.8) is 0 Å². The quantitative estimate of drug-likeness (QED) is 0.592. The molecule has 0 radical (unpaired) electrons. The standard InChI is InChI=1S/C11H9BrFN5O/c12-6-2-1-3-7(13)10(6)17-11(19)8-4-16-9(18-14)5-15-8/h1-5H,14H2,(H,16,18)(H,17,19). The largest absolute Gasteiger partial charge is 0.317 e. The Kier molecular flexibility index (Phi) is 4.03. The molecule has 0 saturated carbocycles. The molecule has 0 aliphatic rings. The summed E-state index contributed by atoms with van der Waals surface area (Å²) >= 11 is 3.15. The Bertz CT molecular complexity index is 584. The van der Waals surface area contributed by atoms with Gasteiger partial charge in [-0.1, -0.05) is 6.07 Å². The number of hydrogen-bond donors (Lipinski definition) is 3. The monoisotopic (exact) mass is 325 g/mol. The molecule has 0 spiro atoms. The number of halogens is 2. The second kappa shape index (κ2) is 5.72. The zero-order valence-corrected chi connectivity index (χ0v) is 11.1. The predicted octanol–water partition coefficient (Wildman–Crippen LogP) is 1.92. The lowest BCUT2D eigenvalue weighted by Gasteiger charge is -2.08. The van der Waals surface area contributed by atoms with E-state index in [9.17, 15) is 9.18 Å². The number of nitrogens with zero attached hydrogens (tertiary/aromatic N) is 2. The van der Waals surface area contributed by atoms with E-state index in [1.54, 1.807) is 6.07 Å². The summed E-state index contributed by atoms with van der Waals surface area (Å²) in [6.07, 6.45) is 2.53. The first-order valence-electron chi connectivity index (χ1n) is 5.16. The van der Waals surface area contributed by atoms with E-state index in [0.29, 0.717) is 10.3 Å². The Morgan fingerprint density at radius 2 is 2.11 bits per heavy atom. The van der Waals surface area contributed by atoms with Crippen molar-refractivity contribution in [2.24, 2.45) is 5.84 Å². The minimum Gasteiger partial charge on any atom is -0.317 e. The third-order valence-electron chi connectivity index (χ3n) is 2.23. The summed E-state index contributed by atoms with van der Waals surface area (Å²) in [6, 6.07) is 4.38. The van der Waals surface area contributed by atoms with Gasteiger partial charge >= 0.3 is 0 Å². The number of hydrogen-bond acceptors (Lipinski definition) is 5. The zero-order chi connectivity index (χ0) is 13.8. The number of amides is 1. The fourth-order valence-corrected chi connectivity index (χ4v) is 1.76. The zero-order valence-electron chi connectivity index (χ0n) is 9.52. The normalized spacial score (nSPS) is 10.1. The van der Waals surface area contributed by atoms with Gasteiger partial charge in [0, 0.05) is 4.47 Å². The summed E-state index contributed by atoms with van der Waals surface area (Å²) < 4.78 is 14.0. The van der Waals surface area contributed by atoms with E-state index in [-0.39, 0.29) is 11.4 Å². The van der Waals surface area contributed by atoms with Gasteiger partial charge in [0.2, 0.25) is 0 Å². The fourth-order valence-electron chi connectivity index (χ4n) is 1.31. The number of hydrazine groups is 1. The predicted molar refractivity (Wildman–Crippen MR) is 71.9 cm³/mol. The number of aromatic nitrogens is 2. The van der Waals surface area contributed by atoms with Gasteiger partial charge in [0.1, 0.15) is 11.5 Å². The van der Waals surface area contributed by atoms with Gasteiger partial charge in [-0.05, 0) is 28.1 Å². The van der Waals surface area contributed by atoms with Gasteiger partial charge in [0.25, 0.3) is 5.91 Å². The number of carbonyl (C=O) groups is 1. The highest BCUT2D eigenvalue weighted by atomic mass is 79.9. The summed E-state index contributed by atoms with van der Waals surface area (Å²) in [7, 11) is 0. The highest BCUT2D eigenvalue weighted by Crippen LogP contribution is 2.25. The molecule has 0 saturated heterocycles. The van der Waals surface area contributed by atoms with E-state index < -0.39 is 11.7 Å². The SMILES string of the molecule is NNc1cnc(C(=O)Nc2c(F)cccc2Br)cn1. The molecular weight excluding hydrogens is 317 g/mol. The Morgan fingerprint density at radius 3 is 2.68 bits per heavy atom. The highest BCUT2D eigenvalue weighted by molar-refractivity contribution is 9.10. The van der Waals surface area contributed by atoms with Gasteiger partial charge in [-0.2, -0.15) is 0 Å². The van der Waals surface area contributed by atoms with Crippen molar-refractivity contribution in [3.8, 4) is 0 Å². The molecule has 0 atom stereocenters. The number of nitrogen functional groups attached to an aromatic ring is 1. The van der Waals surface area contributed by atoms with E-state index in [1.165, 1.54) is 24.5 Å². The number of carbonyl (C=O) groups excluding carboxylic acids is 1. The van der Waals surface area contributed by atoms with Crippen LogP contribution < -0.4 is 16.6 Å². The maximum absolute atomic E-state index is 13.5. The summed E-state index contributed by atoms with van der Waals surface area (Å²) in [4.78, 5) is 19.6. The van der Waals surface area contributed by atoms with Crippen LogP contribution in [0.4, 0.5) is 15.9 Å². The molecule has 2 aromatic rings. The Morgan fingerprint density at radius 1 is 1.32 bits per heavy atom. The number of nitrogens with two attached hydrogens (primary N) is 1. The molecule has 0 bridgehead atoms. The van der Waals surface area contributed by atoms with E-state index in [1.807, 2.05) is 0 Å². The number of nitrogens with one attached hydrogen (secondary N) is 2. The third-order valence-corrected chi connectivity index (χ3v) is 2.89. The maximum atomic E-state index is 13.5. The molecular formula is C11H9BrFN5O. The average molecular weight is 326 g/mol. The summed E-state index contributed by atoms with van der Waals surface area (Å²) in [5.41, 5.74) is 2.39. The van der Waals surface area contributed by atoms with E-state index in [2.05, 4.69) is 36.6 Å². The van der Waals surface area contributed by atoms with Gasteiger partial charge in [-0.15, -0.1) is 0 Å². The van der Waals surface area contributed by atoms with E-state index in [0.717, 1.165) is 0 Å². The van der Waals surface area contributed by atoms with Crippen molar-refractivity contribution in [1.29, 1.82) is 0 Å². The summed E-state index contributed by atoms with van der Waals surface area (Å²) in [6.45, 7) is 0. The first-order valence-corrected chi connectivity index (χ1v) is 5.95. The first-order chi connectivity index (χ1) is 9.11. The molecule has 1 aromatic heterocycles. The molecule has 1 heterocycles. The number of anilines is 2. The van der Waals surface area contributed by atoms with Crippen LogP contribution in [0.25, 0.3) is 0 Å². The van der Waals surface area contributed by atoms with E-state index in [4.69, 9.17) is 5.84 Å². The fraction of sp³-hybridized carbons (Fsp3) is 0. The molecule has 98 valence electrons. The van der Waals surface area contributed by atoms with Crippen LogP contribution in [-0.2, 0) is 0 Å². The Hall–Kier alpha value is -2.06. The lowest BCUT2D eigenvalue weighted by molar-refractivity contribution is 0.102. The Labute approximate surface area is 116 Å². The molecule has 0 unspecified atom stereocenters. The molecule has 0 fully saturated rings. The van der Waals surface area contributed by atoms with Crippen molar-refractivity contribution < 1.29 is 9.18 Å². The lowest BCUT2D eigenvalue weighted by Crippen LogP contribution is -2.16. The number of benzene rings is 1. The van der Waals surface area contributed by atoms with Crippen LogP contribution in [0.1, 0.15) is 10.5 Å². The van der Waals surface area contributed by atoms with Crippen LogP contribution >= 0.6 is 15.9 Å². The first kappa shape index (κ1) is 13.4. The van der Waals surface area contributed by atoms with Crippen LogP contribution in [0.2, 0.25) is 0 Å². The third kappa shape index (κ3) is 3.04.